The summed E-state index contributed by atoms with van der Waals surface area (Å²) in [6.45, 7) is 10.2. The molecule has 1 N–H and O–H groups in total. The average Bonchev–Trinajstić information content (AvgIpc) is 2.74. The van der Waals surface area contributed by atoms with E-state index in [1.807, 2.05) is 0 Å². The number of nitrogens with one attached hydrogen (secondary N) is 1. The molecule has 2 heterocycles. The molecule has 0 aliphatic carbocycles. The normalized spacial score (nSPS) is 35.3. The van der Waals surface area contributed by atoms with Gasteiger partial charge in [-0.3, -0.25) is 0 Å². The highest BCUT2D eigenvalue weighted by molar-refractivity contribution is 4.85. The molecule has 100 valence electrons. The highest BCUT2D eigenvalue weighted by Crippen LogP contribution is 2.22. The van der Waals surface area contributed by atoms with Gasteiger partial charge in [-0.1, -0.05) is 6.92 Å². The first-order chi connectivity index (χ1) is 8.31. The van der Waals surface area contributed by atoms with Gasteiger partial charge in [-0.2, -0.15) is 0 Å². The van der Waals surface area contributed by atoms with Crippen LogP contribution in [-0.2, 0) is 4.74 Å². The maximum absolute atomic E-state index is 5.67. The Balaban J connectivity index is 1.82. The summed E-state index contributed by atoms with van der Waals surface area (Å²) in [6.07, 6.45) is 5.17. The molecule has 0 aromatic carbocycles. The second-order valence-corrected chi connectivity index (χ2v) is 5.67. The number of nitrogens with zero attached hydrogens (tertiary/aromatic N) is 1. The van der Waals surface area contributed by atoms with Crippen LogP contribution in [0.4, 0.5) is 0 Å². The Bertz CT molecular complexity index is 222. The van der Waals surface area contributed by atoms with E-state index in [0.29, 0.717) is 12.0 Å². The monoisotopic (exact) mass is 240 g/mol. The fourth-order valence-corrected chi connectivity index (χ4v) is 3.14. The van der Waals surface area contributed by atoms with Crippen LogP contribution in [0, 0.1) is 5.92 Å². The minimum absolute atomic E-state index is 0.677. The third-order valence-electron chi connectivity index (χ3n) is 4.29. The van der Waals surface area contributed by atoms with E-state index in [2.05, 4.69) is 24.1 Å². The molecule has 2 saturated heterocycles. The van der Waals surface area contributed by atoms with Crippen LogP contribution in [0.2, 0.25) is 0 Å². The van der Waals surface area contributed by atoms with Gasteiger partial charge in [0.25, 0.3) is 0 Å². The van der Waals surface area contributed by atoms with E-state index in [9.17, 15) is 0 Å². The molecule has 0 saturated carbocycles. The van der Waals surface area contributed by atoms with Gasteiger partial charge in [0.1, 0.15) is 0 Å². The fraction of sp³-hybridized carbons (Fsp3) is 1.00. The van der Waals surface area contributed by atoms with Gasteiger partial charge in [0.15, 0.2) is 0 Å². The van der Waals surface area contributed by atoms with Gasteiger partial charge in [-0.05, 0) is 45.7 Å². The molecule has 3 unspecified atom stereocenters. The van der Waals surface area contributed by atoms with Crippen molar-refractivity contribution in [2.45, 2.75) is 51.6 Å². The van der Waals surface area contributed by atoms with Crippen molar-refractivity contribution in [2.24, 2.45) is 5.92 Å². The van der Waals surface area contributed by atoms with E-state index in [-0.39, 0.29) is 0 Å². The van der Waals surface area contributed by atoms with Gasteiger partial charge in [-0.15, -0.1) is 0 Å². The molecule has 2 aliphatic rings. The standard InChI is InChI=1S/C14H28N2O/c1-3-7-15-14-6-9-17-11-13(14)10-16-8-4-5-12(16)2/h12-15H,3-11H2,1-2H3. The fourth-order valence-electron chi connectivity index (χ4n) is 3.14. The van der Waals surface area contributed by atoms with Crippen molar-refractivity contribution in [2.75, 3.05) is 32.8 Å². The van der Waals surface area contributed by atoms with Crippen LogP contribution in [0.5, 0.6) is 0 Å². The van der Waals surface area contributed by atoms with Crippen LogP contribution in [0.1, 0.15) is 39.5 Å². The van der Waals surface area contributed by atoms with Crippen molar-refractivity contribution in [1.82, 2.24) is 10.2 Å². The molecule has 2 aliphatic heterocycles. The smallest absolute Gasteiger partial charge is 0.0521 e. The van der Waals surface area contributed by atoms with Gasteiger partial charge in [0.2, 0.25) is 0 Å². The maximum Gasteiger partial charge on any atom is 0.0521 e. The van der Waals surface area contributed by atoms with Crippen molar-refractivity contribution >= 4 is 0 Å². The first-order valence-electron chi connectivity index (χ1n) is 7.36. The Morgan fingerprint density at radius 3 is 2.94 bits per heavy atom. The zero-order valence-electron chi connectivity index (χ0n) is 11.5. The summed E-state index contributed by atoms with van der Waals surface area (Å²) in [5, 5.41) is 3.70. The van der Waals surface area contributed by atoms with E-state index < -0.39 is 0 Å². The molecule has 3 heteroatoms. The van der Waals surface area contributed by atoms with Crippen molar-refractivity contribution in [3.63, 3.8) is 0 Å². The lowest BCUT2D eigenvalue weighted by Gasteiger charge is -2.36. The van der Waals surface area contributed by atoms with E-state index in [1.54, 1.807) is 0 Å². The lowest BCUT2D eigenvalue weighted by molar-refractivity contribution is 0.0157. The topological polar surface area (TPSA) is 24.5 Å². The van der Waals surface area contributed by atoms with Crippen LogP contribution in [-0.4, -0.2) is 49.8 Å². The third-order valence-corrected chi connectivity index (χ3v) is 4.29. The van der Waals surface area contributed by atoms with Gasteiger partial charge in [0.05, 0.1) is 6.61 Å². The number of rotatable bonds is 5. The molecule has 0 aromatic heterocycles. The maximum atomic E-state index is 5.67. The molecular formula is C14H28N2O. The second kappa shape index (κ2) is 6.72. The van der Waals surface area contributed by atoms with Crippen LogP contribution in [0.15, 0.2) is 0 Å². The Labute approximate surface area is 106 Å². The number of likely N-dealkylation sites (tertiary alicyclic amines) is 1. The Kier molecular flexibility index (Phi) is 5.26. The van der Waals surface area contributed by atoms with E-state index in [0.717, 1.165) is 25.8 Å². The second-order valence-electron chi connectivity index (χ2n) is 5.67. The van der Waals surface area contributed by atoms with Crippen molar-refractivity contribution in [3.05, 3.63) is 0 Å². The predicted molar refractivity (Wildman–Crippen MR) is 71.3 cm³/mol. The van der Waals surface area contributed by atoms with Gasteiger partial charge >= 0.3 is 0 Å². The highest BCUT2D eigenvalue weighted by atomic mass is 16.5. The molecule has 17 heavy (non-hydrogen) atoms. The highest BCUT2D eigenvalue weighted by Gasteiger charge is 2.30. The summed E-state index contributed by atoms with van der Waals surface area (Å²) in [5.41, 5.74) is 0. The van der Waals surface area contributed by atoms with E-state index in [4.69, 9.17) is 4.74 Å². The van der Waals surface area contributed by atoms with Crippen molar-refractivity contribution in [1.29, 1.82) is 0 Å². The van der Waals surface area contributed by atoms with Crippen LogP contribution < -0.4 is 5.32 Å². The Hall–Kier alpha value is -0.120. The summed E-state index contributed by atoms with van der Waals surface area (Å²) < 4.78 is 5.67. The molecule has 0 bridgehead atoms. The molecular weight excluding hydrogens is 212 g/mol. The van der Waals surface area contributed by atoms with Crippen LogP contribution in [0.3, 0.4) is 0 Å². The van der Waals surface area contributed by atoms with Crippen molar-refractivity contribution < 1.29 is 4.74 Å². The van der Waals surface area contributed by atoms with E-state index in [1.165, 1.54) is 38.8 Å². The molecule has 3 nitrogen and oxygen atoms in total. The van der Waals surface area contributed by atoms with Gasteiger partial charge < -0.3 is 15.0 Å². The summed E-state index contributed by atoms with van der Waals surface area (Å²) in [4.78, 5) is 2.65. The van der Waals surface area contributed by atoms with E-state index >= 15 is 0 Å². The zero-order valence-corrected chi connectivity index (χ0v) is 11.5. The minimum atomic E-state index is 0.677. The quantitative estimate of drug-likeness (QED) is 0.794. The molecule has 0 radical (unpaired) electrons. The molecule has 0 spiro atoms. The van der Waals surface area contributed by atoms with Gasteiger partial charge in [0, 0.05) is 31.2 Å². The number of hydrogen-bond donors (Lipinski definition) is 1. The Morgan fingerprint density at radius 2 is 2.24 bits per heavy atom. The molecule has 2 rings (SSSR count). The number of hydrogen-bond acceptors (Lipinski definition) is 3. The van der Waals surface area contributed by atoms with Gasteiger partial charge in [-0.25, -0.2) is 0 Å². The third kappa shape index (κ3) is 3.67. The average molecular weight is 240 g/mol. The molecule has 3 atom stereocenters. The zero-order chi connectivity index (χ0) is 12.1. The predicted octanol–water partition coefficient (Wildman–Crippen LogP) is 1.88. The molecule has 0 amide bonds. The molecule has 2 fully saturated rings. The Morgan fingerprint density at radius 1 is 1.35 bits per heavy atom. The SMILES string of the molecule is CCCNC1CCOCC1CN1CCCC1C. The van der Waals surface area contributed by atoms with Crippen LogP contribution in [0.25, 0.3) is 0 Å². The van der Waals surface area contributed by atoms with Crippen molar-refractivity contribution in [3.8, 4) is 0 Å². The number of ether oxygens (including phenoxy) is 1. The first-order valence-corrected chi connectivity index (χ1v) is 7.36. The summed E-state index contributed by atoms with van der Waals surface area (Å²) in [7, 11) is 0. The lowest BCUT2D eigenvalue weighted by Crippen LogP contribution is -2.48. The summed E-state index contributed by atoms with van der Waals surface area (Å²) in [5.74, 6) is 0.691. The summed E-state index contributed by atoms with van der Waals surface area (Å²) >= 11 is 0. The first kappa shape index (κ1) is 13.3. The largest absolute Gasteiger partial charge is 0.381 e. The molecule has 0 aromatic rings. The minimum Gasteiger partial charge on any atom is -0.381 e. The van der Waals surface area contributed by atoms with Crippen LogP contribution >= 0.6 is 0 Å². The lowest BCUT2D eigenvalue weighted by atomic mass is 9.94. The summed E-state index contributed by atoms with van der Waals surface area (Å²) in [6, 6.07) is 1.46.